The highest BCUT2D eigenvalue weighted by Crippen LogP contribution is 2.24. The zero-order chi connectivity index (χ0) is 19.7. The second-order valence-electron chi connectivity index (χ2n) is 6.05. The van der Waals surface area contributed by atoms with E-state index < -0.39 is 11.7 Å². The normalized spacial score (nSPS) is 10.8. The van der Waals surface area contributed by atoms with Crippen LogP contribution in [0.3, 0.4) is 0 Å². The van der Waals surface area contributed by atoms with Crippen molar-refractivity contribution in [1.29, 1.82) is 0 Å². The van der Waals surface area contributed by atoms with Crippen molar-refractivity contribution in [2.45, 2.75) is 6.92 Å². The number of aryl methyl sites for hydroxylation is 1. The third kappa shape index (κ3) is 3.25. The van der Waals surface area contributed by atoms with Crippen LogP contribution in [0.1, 0.15) is 16.1 Å². The van der Waals surface area contributed by atoms with E-state index in [-0.39, 0.29) is 5.69 Å². The lowest BCUT2D eigenvalue weighted by Gasteiger charge is -2.11. The second kappa shape index (κ2) is 7.03. The fourth-order valence-electron chi connectivity index (χ4n) is 2.83. The molecule has 8 nitrogen and oxygen atoms in total. The molecule has 2 aromatic carbocycles. The SMILES string of the molecule is COc1ccc2nc(C)c(C(=O)Nc3cc(-n4cnnn4)ccc3F)cc2c1. The van der Waals surface area contributed by atoms with E-state index in [4.69, 9.17) is 4.74 Å². The van der Waals surface area contributed by atoms with E-state index >= 15 is 0 Å². The van der Waals surface area contributed by atoms with Crippen molar-refractivity contribution in [3.8, 4) is 11.4 Å². The topological polar surface area (TPSA) is 94.8 Å². The fourth-order valence-corrected chi connectivity index (χ4v) is 2.83. The number of nitrogens with zero attached hydrogens (tertiary/aromatic N) is 5. The van der Waals surface area contributed by atoms with Crippen LogP contribution in [-0.2, 0) is 0 Å². The third-order valence-corrected chi connectivity index (χ3v) is 4.27. The minimum atomic E-state index is -0.571. The van der Waals surface area contributed by atoms with Crippen LogP contribution in [0.15, 0.2) is 48.8 Å². The number of hydrogen-bond donors (Lipinski definition) is 1. The smallest absolute Gasteiger partial charge is 0.257 e. The Morgan fingerprint density at radius 2 is 2.04 bits per heavy atom. The minimum absolute atomic E-state index is 0.0168. The van der Waals surface area contributed by atoms with Gasteiger partial charge in [0.05, 0.1) is 35.3 Å². The number of fused-ring (bicyclic) bond motifs is 1. The van der Waals surface area contributed by atoms with Gasteiger partial charge in [0.2, 0.25) is 0 Å². The molecule has 0 atom stereocenters. The number of carbonyl (C=O) groups is 1. The predicted octanol–water partition coefficient (Wildman–Crippen LogP) is 2.92. The van der Waals surface area contributed by atoms with E-state index in [1.165, 1.54) is 29.2 Å². The molecule has 140 valence electrons. The van der Waals surface area contributed by atoms with Gasteiger partial charge in [-0.1, -0.05) is 0 Å². The van der Waals surface area contributed by atoms with E-state index in [0.717, 1.165) is 10.9 Å². The van der Waals surface area contributed by atoms with Crippen molar-refractivity contribution in [3.05, 3.63) is 65.9 Å². The Balaban J connectivity index is 1.68. The first kappa shape index (κ1) is 17.5. The van der Waals surface area contributed by atoms with Crippen molar-refractivity contribution in [3.63, 3.8) is 0 Å². The summed E-state index contributed by atoms with van der Waals surface area (Å²) in [6.07, 6.45) is 1.38. The highest BCUT2D eigenvalue weighted by Gasteiger charge is 2.15. The van der Waals surface area contributed by atoms with Crippen LogP contribution in [0.25, 0.3) is 16.6 Å². The van der Waals surface area contributed by atoms with Crippen LogP contribution >= 0.6 is 0 Å². The number of anilines is 1. The summed E-state index contributed by atoms with van der Waals surface area (Å²) in [5, 5.41) is 14.2. The number of halogens is 1. The van der Waals surface area contributed by atoms with E-state index in [9.17, 15) is 9.18 Å². The highest BCUT2D eigenvalue weighted by atomic mass is 19.1. The number of tetrazole rings is 1. The molecule has 4 aromatic rings. The van der Waals surface area contributed by atoms with Crippen molar-refractivity contribution in [2.24, 2.45) is 0 Å². The third-order valence-electron chi connectivity index (χ3n) is 4.27. The summed E-state index contributed by atoms with van der Waals surface area (Å²) in [6.45, 7) is 1.73. The van der Waals surface area contributed by atoms with Crippen LogP contribution in [-0.4, -0.2) is 38.2 Å². The van der Waals surface area contributed by atoms with Crippen LogP contribution in [0, 0.1) is 12.7 Å². The molecule has 0 aliphatic carbocycles. The number of amides is 1. The van der Waals surface area contributed by atoms with Gasteiger partial charge in [-0.05, 0) is 59.8 Å². The molecule has 0 aliphatic heterocycles. The molecule has 0 aliphatic rings. The number of hydrogen-bond acceptors (Lipinski definition) is 6. The molecule has 0 fully saturated rings. The first-order valence-electron chi connectivity index (χ1n) is 8.35. The molecule has 1 N–H and O–H groups in total. The van der Waals surface area contributed by atoms with Crippen LogP contribution in [0.5, 0.6) is 5.75 Å². The Labute approximate surface area is 159 Å². The summed E-state index contributed by atoms with van der Waals surface area (Å²) in [6, 6.07) is 11.3. The maximum Gasteiger partial charge on any atom is 0.257 e. The number of ether oxygens (including phenoxy) is 1. The number of rotatable bonds is 4. The Hall–Kier alpha value is -3.88. The summed E-state index contributed by atoms with van der Waals surface area (Å²) in [5.74, 6) is -0.384. The van der Waals surface area contributed by atoms with E-state index in [2.05, 4.69) is 25.8 Å². The Morgan fingerprint density at radius 3 is 2.79 bits per heavy atom. The summed E-state index contributed by atoms with van der Waals surface area (Å²) in [5.41, 5.74) is 2.14. The molecule has 9 heteroatoms. The van der Waals surface area contributed by atoms with Gasteiger partial charge in [-0.15, -0.1) is 5.10 Å². The van der Waals surface area contributed by atoms with Crippen molar-refractivity contribution in [1.82, 2.24) is 25.2 Å². The molecule has 0 saturated carbocycles. The number of carbonyl (C=O) groups excluding carboxylic acids is 1. The first-order chi connectivity index (χ1) is 13.5. The number of nitrogens with one attached hydrogen (secondary N) is 1. The number of aromatic nitrogens is 5. The maximum absolute atomic E-state index is 14.2. The number of methoxy groups -OCH3 is 1. The molecule has 0 radical (unpaired) electrons. The Morgan fingerprint density at radius 1 is 1.18 bits per heavy atom. The molecular formula is C19H15FN6O2. The molecule has 0 spiro atoms. The molecule has 2 aromatic heterocycles. The molecule has 2 heterocycles. The van der Waals surface area contributed by atoms with Gasteiger partial charge in [-0.2, -0.15) is 0 Å². The van der Waals surface area contributed by atoms with Gasteiger partial charge < -0.3 is 10.1 Å². The van der Waals surface area contributed by atoms with Crippen LogP contribution in [0.2, 0.25) is 0 Å². The lowest BCUT2D eigenvalue weighted by atomic mass is 10.1. The quantitative estimate of drug-likeness (QED) is 0.587. The van der Waals surface area contributed by atoms with Gasteiger partial charge in [0.25, 0.3) is 5.91 Å². The molecule has 0 bridgehead atoms. The minimum Gasteiger partial charge on any atom is -0.497 e. The van der Waals surface area contributed by atoms with Gasteiger partial charge in [0.15, 0.2) is 0 Å². The van der Waals surface area contributed by atoms with E-state index in [1.54, 1.807) is 32.2 Å². The number of benzene rings is 2. The molecule has 28 heavy (non-hydrogen) atoms. The van der Waals surface area contributed by atoms with E-state index in [0.29, 0.717) is 22.7 Å². The summed E-state index contributed by atoms with van der Waals surface area (Å²) in [4.78, 5) is 17.2. The Bertz CT molecular complexity index is 1180. The zero-order valence-electron chi connectivity index (χ0n) is 15.0. The van der Waals surface area contributed by atoms with Gasteiger partial charge in [-0.3, -0.25) is 9.78 Å². The lowest BCUT2D eigenvalue weighted by molar-refractivity contribution is 0.102. The average Bonchev–Trinajstić information content (AvgIpc) is 3.23. The van der Waals surface area contributed by atoms with E-state index in [1.807, 2.05) is 6.07 Å². The highest BCUT2D eigenvalue weighted by molar-refractivity contribution is 6.07. The molecule has 4 rings (SSSR count). The predicted molar refractivity (Wildman–Crippen MR) is 100 cm³/mol. The fraction of sp³-hybridized carbons (Fsp3) is 0.105. The first-order valence-corrected chi connectivity index (χ1v) is 8.35. The largest absolute Gasteiger partial charge is 0.497 e. The lowest BCUT2D eigenvalue weighted by Crippen LogP contribution is -2.15. The monoisotopic (exact) mass is 378 g/mol. The molecule has 0 unspecified atom stereocenters. The van der Waals surface area contributed by atoms with Crippen molar-refractivity contribution < 1.29 is 13.9 Å². The van der Waals surface area contributed by atoms with Crippen molar-refractivity contribution >= 4 is 22.5 Å². The molecule has 1 amide bonds. The second-order valence-corrected chi connectivity index (χ2v) is 6.05. The molecular weight excluding hydrogens is 363 g/mol. The van der Waals surface area contributed by atoms with Gasteiger partial charge in [-0.25, -0.2) is 9.07 Å². The molecule has 0 saturated heterocycles. The zero-order valence-corrected chi connectivity index (χ0v) is 15.0. The number of pyridine rings is 1. The van der Waals surface area contributed by atoms with Gasteiger partial charge in [0.1, 0.15) is 17.9 Å². The maximum atomic E-state index is 14.2. The van der Waals surface area contributed by atoms with Crippen molar-refractivity contribution in [2.75, 3.05) is 12.4 Å². The van der Waals surface area contributed by atoms with Crippen LogP contribution < -0.4 is 10.1 Å². The average molecular weight is 378 g/mol. The summed E-state index contributed by atoms with van der Waals surface area (Å²) >= 11 is 0. The standard InChI is InChI=1S/C19H15FN6O2/c1-11-15(8-12-7-14(28-2)4-6-17(12)22-11)19(27)23-18-9-13(3-5-16(18)20)26-10-21-24-25-26/h3-10H,1-2H3,(H,23,27). The Kier molecular flexibility index (Phi) is 4.40. The van der Waals surface area contributed by atoms with Gasteiger partial charge in [0, 0.05) is 5.39 Å². The summed E-state index contributed by atoms with van der Waals surface area (Å²) in [7, 11) is 1.57. The van der Waals surface area contributed by atoms with Gasteiger partial charge >= 0.3 is 0 Å². The van der Waals surface area contributed by atoms with Crippen LogP contribution in [0.4, 0.5) is 10.1 Å². The summed E-state index contributed by atoms with van der Waals surface area (Å²) < 4.78 is 20.8.